The third-order valence-electron chi connectivity index (χ3n) is 4.43. The first kappa shape index (κ1) is 16.6. The van der Waals surface area contributed by atoms with E-state index < -0.39 is 0 Å². The maximum atomic E-state index is 11.5. The maximum Gasteiger partial charge on any atom is 0.224 e. The van der Waals surface area contributed by atoms with Gasteiger partial charge >= 0.3 is 0 Å². The highest BCUT2D eigenvalue weighted by Crippen LogP contribution is 2.40. The third-order valence-corrected chi connectivity index (χ3v) is 5.31. The molecule has 2 aromatic carbocycles. The monoisotopic (exact) mass is 366 g/mol. The lowest BCUT2D eigenvalue weighted by molar-refractivity contribution is -0.116. The van der Waals surface area contributed by atoms with Crippen LogP contribution in [-0.4, -0.2) is 25.1 Å². The molecule has 0 bridgehead atoms. The molecule has 1 aromatic heterocycles. The predicted octanol–water partition coefficient (Wildman–Crippen LogP) is 4.38. The number of thiazole rings is 1. The van der Waals surface area contributed by atoms with Crippen molar-refractivity contribution in [3.63, 3.8) is 0 Å². The molecule has 1 aliphatic heterocycles. The summed E-state index contributed by atoms with van der Waals surface area (Å²) < 4.78 is 10.9. The van der Waals surface area contributed by atoms with Gasteiger partial charge in [0.25, 0.3) is 0 Å². The molecule has 0 atom stereocenters. The molecule has 0 spiro atoms. The highest BCUT2D eigenvalue weighted by molar-refractivity contribution is 7.13. The number of ether oxygens (including phenoxy) is 2. The SMILES string of the molecule is COc1cccc(-c2nc(-c3ccc4c(c3)CCC(=O)N4)cs2)c1OC. The standard InChI is InChI=1S/C20H18N2O3S/c1-24-17-5-3-4-14(19(17)25-2)20-22-16(11-26-20)13-6-8-15-12(10-13)7-9-18(23)21-15/h3-6,8,10-11H,7,9H2,1-2H3,(H,21,23). The molecule has 5 nitrogen and oxygen atoms in total. The number of aryl methyl sites for hydroxylation is 1. The van der Waals surface area contributed by atoms with E-state index in [-0.39, 0.29) is 5.91 Å². The molecule has 0 fully saturated rings. The Kier molecular flexibility index (Phi) is 4.34. The van der Waals surface area contributed by atoms with Crippen LogP contribution in [0.3, 0.4) is 0 Å². The van der Waals surface area contributed by atoms with E-state index in [9.17, 15) is 4.79 Å². The quantitative estimate of drug-likeness (QED) is 0.744. The Bertz CT molecular complexity index is 981. The van der Waals surface area contributed by atoms with Crippen molar-refractivity contribution in [2.75, 3.05) is 19.5 Å². The number of hydrogen-bond acceptors (Lipinski definition) is 5. The van der Waals surface area contributed by atoms with E-state index in [1.54, 1.807) is 25.6 Å². The van der Waals surface area contributed by atoms with Crippen LogP contribution in [0.25, 0.3) is 21.8 Å². The first-order valence-corrected chi connectivity index (χ1v) is 9.17. The number of carbonyl (C=O) groups excluding carboxylic acids is 1. The highest BCUT2D eigenvalue weighted by atomic mass is 32.1. The number of benzene rings is 2. The molecule has 1 N–H and O–H groups in total. The molecule has 1 amide bonds. The fourth-order valence-corrected chi connectivity index (χ4v) is 3.98. The molecular formula is C20H18N2O3S. The second kappa shape index (κ2) is 6.80. The van der Waals surface area contributed by atoms with Gasteiger partial charge in [-0.1, -0.05) is 12.1 Å². The minimum atomic E-state index is 0.0753. The van der Waals surface area contributed by atoms with Gasteiger partial charge in [0, 0.05) is 23.1 Å². The van der Waals surface area contributed by atoms with Gasteiger partial charge in [0.2, 0.25) is 5.91 Å². The third kappa shape index (κ3) is 2.93. The fourth-order valence-electron chi connectivity index (χ4n) is 3.13. The van der Waals surface area contributed by atoms with Crippen LogP contribution in [0.4, 0.5) is 5.69 Å². The van der Waals surface area contributed by atoms with Crippen LogP contribution >= 0.6 is 11.3 Å². The van der Waals surface area contributed by atoms with Crippen LogP contribution in [0.1, 0.15) is 12.0 Å². The van der Waals surface area contributed by atoms with Gasteiger partial charge in [0.1, 0.15) is 5.01 Å². The van der Waals surface area contributed by atoms with Crippen molar-refractivity contribution in [1.29, 1.82) is 0 Å². The van der Waals surface area contributed by atoms with E-state index in [1.165, 1.54) is 0 Å². The van der Waals surface area contributed by atoms with Gasteiger partial charge in [-0.05, 0) is 36.2 Å². The lowest BCUT2D eigenvalue weighted by Crippen LogP contribution is -2.18. The molecule has 4 rings (SSSR count). The van der Waals surface area contributed by atoms with Crippen molar-refractivity contribution in [3.8, 4) is 33.3 Å². The molecule has 0 radical (unpaired) electrons. The number of rotatable bonds is 4. The zero-order valence-electron chi connectivity index (χ0n) is 14.5. The first-order chi connectivity index (χ1) is 12.7. The maximum absolute atomic E-state index is 11.5. The van der Waals surface area contributed by atoms with E-state index in [2.05, 4.69) is 11.4 Å². The molecule has 1 aliphatic rings. The Hall–Kier alpha value is -2.86. The molecule has 2 heterocycles. The normalized spacial score (nSPS) is 13.1. The number of carbonyl (C=O) groups is 1. The molecule has 26 heavy (non-hydrogen) atoms. The van der Waals surface area contributed by atoms with Crippen LogP contribution in [-0.2, 0) is 11.2 Å². The second-order valence-electron chi connectivity index (χ2n) is 6.00. The minimum absolute atomic E-state index is 0.0753. The number of amides is 1. The summed E-state index contributed by atoms with van der Waals surface area (Å²) in [7, 11) is 3.26. The highest BCUT2D eigenvalue weighted by Gasteiger charge is 2.18. The van der Waals surface area contributed by atoms with Gasteiger partial charge in [-0.25, -0.2) is 4.98 Å². The lowest BCUT2D eigenvalue weighted by atomic mass is 9.99. The molecule has 3 aromatic rings. The molecule has 6 heteroatoms. The molecule has 0 unspecified atom stereocenters. The van der Waals surface area contributed by atoms with Crippen molar-refractivity contribution >= 4 is 22.9 Å². The van der Waals surface area contributed by atoms with Crippen molar-refractivity contribution < 1.29 is 14.3 Å². The van der Waals surface area contributed by atoms with Gasteiger partial charge in [-0.15, -0.1) is 11.3 Å². The lowest BCUT2D eigenvalue weighted by Gasteiger charge is -2.17. The van der Waals surface area contributed by atoms with Gasteiger partial charge in [0.05, 0.1) is 25.5 Å². The van der Waals surface area contributed by atoms with E-state index in [0.717, 1.165) is 39.5 Å². The Balaban J connectivity index is 1.70. The summed E-state index contributed by atoms with van der Waals surface area (Å²) in [4.78, 5) is 16.3. The van der Waals surface area contributed by atoms with Gasteiger partial charge in [-0.2, -0.15) is 0 Å². The molecule has 0 saturated carbocycles. The predicted molar refractivity (Wildman–Crippen MR) is 103 cm³/mol. The van der Waals surface area contributed by atoms with E-state index in [4.69, 9.17) is 14.5 Å². The van der Waals surface area contributed by atoms with Crippen LogP contribution in [0.2, 0.25) is 0 Å². The number of nitrogens with zero attached hydrogens (tertiary/aromatic N) is 1. The zero-order chi connectivity index (χ0) is 18.1. The number of hydrogen-bond donors (Lipinski definition) is 1. The first-order valence-electron chi connectivity index (χ1n) is 8.29. The number of nitrogens with one attached hydrogen (secondary N) is 1. The minimum Gasteiger partial charge on any atom is -0.493 e. The summed E-state index contributed by atoms with van der Waals surface area (Å²) in [6, 6.07) is 11.8. The van der Waals surface area contributed by atoms with Crippen molar-refractivity contribution in [2.45, 2.75) is 12.8 Å². The average Bonchev–Trinajstić information content (AvgIpc) is 3.16. The Morgan fingerprint density at radius 1 is 1.12 bits per heavy atom. The van der Waals surface area contributed by atoms with Crippen molar-refractivity contribution in [3.05, 3.63) is 47.3 Å². The van der Waals surface area contributed by atoms with Crippen LogP contribution < -0.4 is 14.8 Å². The summed E-state index contributed by atoms with van der Waals surface area (Å²) in [6.45, 7) is 0. The van der Waals surface area contributed by atoms with Crippen LogP contribution in [0, 0.1) is 0 Å². The van der Waals surface area contributed by atoms with E-state index in [0.29, 0.717) is 17.9 Å². The van der Waals surface area contributed by atoms with Crippen LogP contribution in [0.5, 0.6) is 11.5 Å². The summed E-state index contributed by atoms with van der Waals surface area (Å²) in [6.07, 6.45) is 1.29. The second-order valence-corrected chi connectivity index (χ2v) is 6.86. The number of methoxy groups -OCH3 is 2. The fraction of sp³-hybridized carbons (Fsp3) is 0.200. The summed E-state index contributed by atoms with van der Waals surface area (Å²) >= 11 is 1.57. The van der Waals surface area contributed by atoms with Gasteiger partial charge < -0.3 is 14.8 Å². The van der Waals surface area contributed by atoms with Gasteiger partial charge in [-0.3, -0.25) is 4.79 Å². The molecule has 0 saturated heterocycles. The largest absolute Gasteiger partial charge is 0.493 e. The average molecular weight is 366 g/mol. The van der Waals surface area contributed by atoms with Gasteiger partial charge in [0.15, 0.2) is 11.5 Å². The Labute approximate surface area is 155 Å². The summed E-state index contributed by atoms with van der Waals surface area (Å²) in [5, 5.41) is 5.83. The number of anilines is 1. The zero-order valence-corrected chi connectivity index (χ0v) is 15.4. The van der Waals surface area contributed by atoms with Crippen molar-refractivity contribution in [1.82, 2.24) is 4.98 Å². The molecule has 132 valence electrons. The molecular weight excluding hydrogens is 348 g/mol. The number of fused-ring (bicyclic) bond motifs is 1. The number of aromatic nitrogens is 1. The van der Waals surface area contributed by atoms with Crippen LogP contribution in [0.15, 0.2) is 41.8 Å². The smallest absolute Gasteiger partial charge is 0.224 e. The summed E-state index contributed by atoms with van der Waals surface area (Å²) in [5.74, 6) is 1.45. The topological polar surface area (TPSA) is 60.5 Å². The number of para-hydroxylation sites is 1. The van der Waals surface area contributed by atoms with E-state index >= 15 is 0 Å². The Morgan fingerprint density at radius 3 is 2.81 bits per heavy atom. The molecule has 0 aliphatic carbocycles. The Morgan fingerprint density at radius 2 is 2.00 bits per heavy atom. The van der Waals surface area contributed by atoms with Crippen molar-refractivity contribution in [2.24, 2.45) is 0 Å². The summed E-state index contributed by atoms with van der Waals surface area (Å²) in [5.41, 5.74) is 4.91. The van der Waals surface area contributed by atoms with E-state index in [1.807, 2.05) is 35.7 Å².